The van der Waals surface area contributed by atoms with Gasteiger partial charge < -0.3 is 9.47 Å². The van der Waals surface area contributed by atoms with Crippen molar-refractivity contribution in [2.24, 2.45) is 11.3 Å². The fourth-order valence-electron chi connectivity index (χ4n) is 2.84. The van der Waals surface area contributed by atoms with Crippen molar-refractivity contribution in [3.8, 4) is 0 Å². The summed E-state index contributed by atoms with van der Waals surface area (Å²) in [6.07, 6.45) is -10.9. The number of carbonyl (C=O) groups is 1. The van der Waals surface area contributed by atoms with Gasteiger partial charge in [0.25, 0.3) is 5.60 Å². The molecule has 0 N–H and O–H groups in total. The van der Waals surface area contributed by atoms with Crippen LogP contribution in [0.4, 0.5) is 26.3 Å². The monoisotopic (exact) mass is 334 g/mol. The van der Waals surface area contributed by atoms with Gasteiger partial charge in [0.2, 0.25) is 5.79 Å². The number of esters is 1. The largest absolute Gasteiger partial charge is 0.430 e. The smallest absolute Gasteiger partial charge is 0.427 e. The van der Waals surface area contributed by atoms with E-state index in [-0.39, 0.29) is 0 Å². The molecule has 0 aromatic heterocycles. The van der Waals surface area contributed by atoms with E-state index in [9.17, 15) is 31.1 Å². The van der Waals surface area contributed by atoms with E-state index in [4.69, 9.17) is 0 Å². The summed E-state index contributed by atoms with van der Waals surface area (Å²) < 4.78 is 89.1. The molecule has 0 aliphatic carbocycles. The first-order valence-electron chi connectivity index (χ1n) is 6.26. The van der Waals surface area contributed by atoms with Crippen LogP contribution in [0.15, 0.2) is 12.7 Å². The summed E-state index contributed by atoms with van der Waals surface area (Å²) in [6, 6.07) is 0. The van der Waals surface area contributed by atoms with Gasteiger partial charge >= 0.3 is 18.3 Å². The zero-order valence-corrected chi connectivity index (χ0v) is 12.4. The lowest BCUT2D eigenvalue weighted by Crippen LogP contribution is -2.64. The second-order valence-electron chi connectivity index (χ2n) is 5.86. The molecule has 2 atom stereocenters. The molecular weight excluding hydrogens is 318 g/mol. The van der Waals surface area contributed by atoms with Crippen LogP contribution < -0.4 is 0 Å². The number of hydrogen-bond acceptors (Lipinski definition) is 3. The second kappa shape index (κ2) is 4.87. The number of hydrogen-bond donors (Lipinski definition) is 0. The maximum atomic E-state index is 13.3. The molecule has 1 rings (SSSR count). The van der Waals surface area contributed by atoms with Crippen LogP contribution >= 0.6 is 0 Å². The van der Waals surface area contributed by atoms with Gasteiger partial charge in [-0.3, -0.25) is 0 Å². The summed E-state index contributed by atoms with van der Waals surface area (Å²) in [5.74, 6) is -4.97. The summed E-state index contributed by atoms with van der Waals surface area (Å²) in [7, 11) is 0. The van der Waals surface area contributed by atoms with E-state index in [2.05, 4.69) is 16.1 Å². The van der Waals surface area contributed by atoms with Crippen LogP contribution in [-0.4, -0.2) is 29.7 Å². The fourth-order valence-corrected chi connectivity index (χ4v) is 2.84. The molecule has 0 spiro atoms. The molecule has 0 aromatic carbocycles. The lowest BCUT2D eigenvalue weighted by atomic mass is 9.66. The molecule has 0 amide bonds. The van der Waals surface area contributed by atoms with E-state index >= 15 is 0 Å². The third-order valence-corrected chi connectivity index (χ3v) is 4.40. The molecule has 1 saturated heterocycles. The highest BCUT2D eigenvalue weighted by atomic mass is 19.4. The van der Waals surface area contributed by atoms with E-state index < -0.39 is 41.0 Å². The van der Waals surface area contributed by atoms with Gasteiger partial charge in [-0.2, -0.15) is 26.3 Å². The van der Waals surface area contributed by atoms with Crippen molar-refractivity contribution in [3.63, 3.8) is 0 Å². The molecule has 22 heavy (non-hydrogen) atoms. The van der Waals surface area contributed by atoms with E-state index in [0.717, 1.165) is 27.7 Å². The Morgan fingerprint density at radius 3 is 1.82 bits per heavy atom. The molecule has 0 saturated carbocycles. The van der Waals surface area contributed by atoms with Gasteiger partial charge in [-0.15, -0.1) is 0 Å². The van der Waals surface area contributed by atoms with Crippen molar-refractivity contribution in [2.45, 2.75) is 51.4 Å². The van der Waals surface area contributed by atoms with Crippen LogP contribution in [0.3, 0.4) is 0 Å². The Hall–Kier alpha value is -1.25. The third kappa shape index (κ3) is 2.29. The minimum absolute atomic E-state index is 0.634. The minimum atomic E-state index is -5.75. The quantitative estimate of drug-likeness (QED) is 0.435. The van der Waals surface area contributed by atoms with Gasteiger partial charge in [-0.1, -0.05) is 27.4 Å². The van der Waals surface area contributed by atoms with Crippen LogP contribution in [0.25, 0.3) is 0 Å². The average molecular weight is 334 g/mol. The van der Waals surface area contributed by atoms with Gasteiger partial charge in [-0.05, 0) is 0 Å². The first-order chi connectivity index (χ1) is 9.57. The predicted octanol–water partition coefficient (Wildman–Crippen LogP) is 3.99. The molecule has 0 radical (unpaired) electrons. The Labute approximate surface area is 123 Å². The normalized spacial score (nSPS) is 30.9. The zero-order chi connectivity index (χ0) is 17.8. The number of ether oxygens (including phenoxy) is 2. The van der Waals surface area contributed by atoms with Crippen LogP contribution in [-0.2, 0) is 14.3 Å². The van der Waals surface area contributed by atoms with Crippen LogP contribution in [0.5, 0.6) is 0 Å². The van der Waals surface area contributed by atoms with Gasteiger partial charge in [0.15, 0.2) is 0 Å². The first-order valence-corrected chi connectivity index (χ1v) is 6.26. The number of carbonyl (C=O) groups excluding carboxylic acids is 1. The summed E-state index contributed by atoms with van der Waals surface area (Å²) in [6.45, 7) is 6.60. The highest BCUT2D eigenvalue weighted by Crippen LogP contribution is 2.66. The summed E-state index contributed by atoms with van der Waals surface area (Å²) in [4.78, 5) is 11.3. The van der Waals surface area contributed by atoms with Crippen LogP contribution in [0, 0.1) is 11.3 Å². The highest BCUT2D eigenvalue weighted by molar-refractivity contribution is 5.81. The van der Waals surface area contributed by atoms with Gasteiger partial charge in [0, 0.05) is 24.3 Å². The van der Waals surface area contributed by atoms with Crippen LogP contribution in [0.1, 0.15) is 27.7 Å². The molecule has 1 aliphatic heterocycles. The van der Waals surface area contributed by atoms with Crippen molar-refractivity contribution >= 4 is 5.97 Å². The predicted molar refractivity (Wildman–Crippen MR) is 63.6 cm³/mol. The fraction of sp³-hybridized carbons (Fsp3) is 0.769. The zero-order valence-electron chi connectivity index (χ0n) is 12.4. The Kier molecular flexibility index (Phi) is 4.16. The molecule has 2 unspecified atom stereocenters. The Balaban J connectivity index is 3.56. The van der Waals surface area contributed by atoms with E-state index in [1.54, 1.807) is 0 Å². The maximum Gasteiger partial charge on any atom is 0.427 e. The lowest BCUT2D eigenvalue weighted by Gasteiger charge is -2.42. The Morgan fingerprint density at radius 2 is 1.55 bits per heavy atom. The SMILES string of the molecule is C=CC(=O)OC1(C)OC(C(F)(F)F)(C(F)(F)F)C(C)(C)C1C. The molecule has 128 valence electrons. The van der Waals surface area contributed by atoms with Crippen LogP contribution in [0.2, 0.25) is 0 Å². The topological polar surface area (TPSA) is 35.5 Å². The second-order valence-corrected chi connectivity index (χ2v) is 5.86. The molecule has 0 bridgehead atoms. The van der Waals surface area contributed by atoms with Crippen molar-refractivity contribution < 1.29 is 40.6 Å². The molecule has 1 fully saturated rings. The van der Waals surface area contributed by atoms with E-state index in [0.29, 0.717) is 6.08 Å². The maximum absolute atomic E-state index is 13.3. The summed E-state index contributed by atoms with van der Waals surface area (Å²) >= 11 is 0. The molecule has 1 aliphatic rings. The van der Waals surface area contributed by atoms with Gasteiger partial charge in [-0.25, -0.2) is 4.79 Å². The molecule has 1 heterocycles. The Bertz CT molecular complexity index is 465. The van der Waals surface area contributed by atoms with Crippen molar-refractivity contribution in [1.82, 2.24) is 0 Å². The average Bonchev–Trinajstić information content (AvgIpc) is 2.46. The Morgan fingerprint density at radius 1 is 1.14 bits per heavy atom. The summed E-state index contributed by atoms with van der Waals surface area (Å²) in [5, 5.41) is 0. The van der Waals surface area contributed by atoms with Crippen molar-refractivity contribution in [1.29, 1.82) is 0 Å². The lowest BCUT2D eigenvalue weighted by molar-refractivity contribution is -0.416. The summed E-state index contributed by atoms with van der Waals surface area (Å²) in [5.41, 5.74) is -6.89. The van der Waals surface area contributed by atoms with Crippen molar-refractivity contribution in [3.05, 3.63) is 12.7 Å². The van der Waals surface area contributed by atoms with E-state index in [1.165, 1.54) is 0 Å². The standard InChI is InChI=1S/C13H16F6O3/c1-6-8(20)21-10(5)7(2)9(3,4)11(22-10,12(14,15)16)13(17,18)19/h6-7H,1H2,2-5H3. The molecule has 0 aromatic rings. The number of rotatable bonds is 2. The molecule has 3 nitrogen and oxygen atoms in total. The third-order valence-electron chi connectivity index (χ3n) is 4.40. The van der Waals surface area contributed by atoms with Crippen molar-refractivity contribution in [2.75, 3.05) is 0 Å². The number of alkyl halides is 6. The van der Waals surface area contributed by atoms with E-state index in [1.807, 2.05) is 0 Å². The molecule has 9 heteroatoms. The van der Waals surface area contributed by atoms with Gasteiger partial charge in [0.1, 0.15) is 0 Å². The van der Waals surface area contributed by atoms with Gasteiger partial charge in [0.05, 0.1) is 0 Å². The highest BCUT2D eigenvalue weighted by Gasteiger charge is 2.85. The first kappa shape index (κ1) is 18.8. The number of halogens is 6. The molecular formula is C13H16F6O3. The minimum Gasteiger partial charge on any atom is -0.430 e.